The van der Waals surface area contributed by atoms with E-state index in [0.717, 1.165) is 31.0 Å². The smallest absolute Gasteiger partial charge is 0.246 e. The van der Waals surface area contributed by atoms with Gasteiger partial charge in [-0.25, -0.2) is 0 Å². The van der Waals surface area contributed by atoms with Crippen LogP contribution in [0.25, 0.3) is 17.0 Å². The highest BCUT2D eigenvalue weighted by atomic mass is 35.5. The number of hydrogen-bond acceptors (Lipinski definition) is 2. The minimum atomic E-state index is 0.103. The van der Waals surface area contributed by atoms with Crippen molar-refractivity contribution in [2.45, 2.75) is 50.5 Å². The minimum Gasteiger partial charge on any atom is -0.361 e. The molecule has 2 aromatic carbocycles. The number of amides is 1. The minimum absolute atomic E-state index is 0.103. The van der Waals surface area contributed by atoms with Gasteiger partial charge in [-0.15, -0.1) is 0 Å². The van der Waals surface area contributed by atoms with Crippen LogP contribution in [-0.4, -0.2) is 52.9 Å². The number of rotatable bonds is 4. The van der Waals surface area contributed by atoms with Crippen LogP contribution in [-0.2, 0) is 4.79 Å². The maximum Gasteiger partial charge on any atom is 0.246 e. The fourth-order valence-corrected chi connectivity index (χ4v) is 7.33. The molecule has 1 aromatic heterocycles. The number of nitrogens with zero attached hydrogens (tertiary/aromatic N) is 2. The lowest BCUT2D eigenvalue weighted by Crippen LogP contribution is -2.50. The van der Waals surface area contributed by atoms with Crippen molar-refractivity contribution in [2.24, 2.45) is 11.8 Å². The Hall–Kier alpha value is -2.27. The highest BCUT2D eigenvalue weighted by Gasteiger charge is 2.38. The number of fused-ring (bicyclic) bond motifs is 2. The molecule has 1 saturated carbocycles. The molecule has 6 rings (SSSR count). The molecule has 2 saturated heterocycles. The van der Waals surface area contributed by atoms with Gasteiger partial charge in [0.2, 0.25) is 5.91 Å². The van der Waals surface area contributed by atoms with Gasteiger partial charge < -0.3 is 14.8 Å². The third-order valence-corrected chi connectivity index (χ3v) is 9.86. The molecule has 0 unspecified atom stereocenters. The summed E-state index contributed by atoms with van der Waals surface area (Å²) in [6, 6.07) is 14.9. The summed E-state index contributed by atoms with van der Waals surface area (Å²) < 4.78 is 0. The van der Waals surface area contributed by atoms with E-state index >= 15 is 0 Å². The number of aromatic nitrogens is 1. The molecule has 3 heterocycles. The van der Waals surface area contributed by atoms with E-state index in [1.165, 1.54) is 61.7 Å². The first-order valence-electron chi connectivity index (χ1n) is 13.8. The molecule has 0 spiro atoms. The van der Waals surface area contributed by atoms with Crippen LogP contribution in [0, 0.1) is 11.8 Å². The van der Waals surface area contributed by atoms with E-state index in [2.05, 4.69) is 40.3 Å². The number of H-pyrrole nitrogens is 1. The zero-order chi connectivity index (χ0) is 25.4. The highest BCUT2D eigenvalue weighted by Crippen LogP contribution is 2.40. The number of likely N-dealkylation sites (tertiary alicyclic amines) is 2. The van der Waals surface area contributed by atoms with Crippen LogP contribution < -0.4 is 0 Å². The molecule has 0 radical (unpaired) electrons. The Labute approximate surface area is 229 Å². The van der Waals surface area contributed by atoms with Crippen molar-refractivity contribution in [2.75, 3.05) is 26.2 Å². The molecule has 1 aliphatic carbocycles. The number of aromatic amines is 1. The Morgan fingerprint density at radius 1 is 0.919 bits per heavy atom. The monoisotopic (exact) mass is 535 g/mol. The van der Waals surface area contributed by atoms with Crippen molar-refractivity contribution in [1.29, 1.82) is 0 Å². The van der Waals surface area contributed by atoms with Crippen LogP contribution >= 0.6 is 23.2 Å². The molecule has 0 bridgehead atoms. The lowest BCUT2D eigenvalue weighted by atomic mass is 9.72. The second-order valence-electron chi connectivity index (χ2n) is 11.2. The Morgan fingerprint density at radius 3 is 2.59 bits per heavy atom. The van der Waals surface area contributed by atoms with Crippen molar-refractivity contribution >= 4 is 46.1 Å². The van der Waals surface area contributed by atoms with Gasteiger partial charge in [0.15, 0.2) is 0 Å². The van der Waals surface area contributed by atoms with Crippen LogP contribution in [0.1, 0.15) is 55.6 Å². The first kappa shape index (κ1) is 25.0. The first-order chi connectivity index (χ1) is 18.0. The second kappa shape index (κ2) is 10.8. The molecule has 3 fully saturated rings. The molecule has 4 nitrogen and oxygen atoms in total. The summed E-state index contributed by atoms with van der Waals surface area (Å²) in [6.07, 6.45) is 13.2. The van der Waals surface area contributed by atoms with Crippen molar-refractivity contribution in [3.05, 3.63) is 75.9 Å². The number of carbonyl (C=O) groups is 1. The number of para-hydroxylation sites is 1. The molecular weight excluding hydrogens is 501 g/mol. The molecule has 194 valence electrons. The van der Waals surface area contributed by atoms with Crippen molar-refractivity contribution in [1.82, 2.24) is 14.8 Å². The lowest BCUT2D eigenvalue weighted by molar-refractivity contribution is -0.129. The summed E-state index contributed by atoms with van der Waals surface area (Å²) in [4.78, 5) is 21.2. The quantitative estimate of drug-likeness (QED) is 0.354. The zero-order valence-electron chi connectivity index (χ0n) is 21.2. The van der Waals surface area contributed by atoms with Gasteiger partial charge in [0.05, 0.1) is 10.0 Å². The summed E-state index contributed by atoms with van der Waals surface area (Å²) in [6.45, 7) is 4.17. The van der Waals surface area contributed by atoms with Crippen LogP contribution in [0.15, 0.2) is 54.7 Å². The molecule has 37 heavy (non-hydrogen) atoms. The van der Waals surface area contributed by atoms with E-state index in [1.807, 2.05) is 17.0 Å². The Bertz CT molecular complexity index is 1290. The van der Waals surface area contributed by atoms with Gasteiger partial charge in [-0.3, -0.25) is 4.79 Å². The van der Waals surface area contributed by atoms with Gasteiger partial charge in [0, 0.05) is 42.3 Å². The maximum absolute atomic E-state index is 12.9. The van der Waals surface area contributed by atoms with Crippen molar-refractivity contribution in [3.8, 4) is 0 Å². The first-order valence-corrected chi connectivity index (χ1v) is 14.5. The van der Waals surface area contributed by atoms with E-state index in [1.54, 1.807) is 18.2 Å². The van der Waals surface area contributed by atoms with Crippen LogP contribution in [0.5, 0.6) is 0 Å². The summed E-state index contributed by atoms with van der Waals surface area (Å²) in [5.74, 6) is 2.14. The third-order valence-electron chi connectivity index (χ3n) is 9.12. The van der Waals surface area contributed by atoms with E-state index < -0.39 is 0 Å². The number of nitrogens with one attached hydrogen (secondary N) is 1. The predicted octanol–water partition coefficient (Wildman–Crippen LogP) is 7.38. The summed E-state index contributed by atoms with van der Waals surface area (Å²) >= 11 is 12.1. The Balaban J connectivity index is 1.00. The molecule has 6 heteroatoms. The number of carbonyl (C=O) groups excluding carboxylic acids is 1. The van der Waals surface area contributed by atoms with Gasteiger partial charge in [-0.1, -0.05) is 47.5 Å². The topological polar surface area (TPSA) is 39.3 Å². The van der Waals surface area contributed by atoms with Gasteiger partial charge in [0.25, 0.3) is 0 Å². The van der Waals surface area contributed by atoms with E-state index in [-0.39, 0.29) is 5.91 Å². The number of halogens is 2. The van der Waals surface area contributed by atoms with Crippen molar-refractivity contribution < 1.29 is 4.79 Å². The summed E-state index contributed by atoms with van der Waals surface area (Å²) in [5, 5.41) is 2.44. The van der Waals surface area contributed by atoms with E-state index in [9.17, 15) is 4.79 Å². The standard InChI is InChI=1S/C31H35Cl2N3O/c32-28-9-5-21(17-29(28)33)6-10-31(37)36-16-13-23-18-25(8-7-24(23)20-36)35-14-11-22(12-15-35)27-19-34-30-4-2-1-3-26(27)30/h1-6,9-10,17,19,22-25,34H,7-8,11-16,18,20H2/b10-6+/t23-,24+,25+/m0/s1. The SMILES string of the molecule is O=C(/C=C/c1ccc(Cl)c(Cl)c1)N1CC[C@H]2C[C@H](N3CCC(c4c[nH]c5ccccc45)CC3)CC[C@@H]2C1. The third kappa shape index (κ3) is 5.34. The number of hydrogen-bond donors (Lipinski definition) is 1. The van der Waals surface area contributed by atoms with Crippen LogP contribution in [0.2, 0.25) is 10.0 Å². The van der Waals surface area contributed by atoms with Crippen LogP contribution in [0.4, 0.5) is 0 Å². The summed E-state index contributed by atoms with van der Waals surface area (Å²) in [5.41, 5.74) is 3.66. The largest absolute Gasteiger partial charge is 0.361 e. The fraction of sp³-hybridized carbons (Fsp3) is 0.452. The predicted molar refractivity (Wildman–Crippen MR) is 153 cm³/mol. The average molecular weight is 537 g/mol. The van der Waals surface area contributed by atoms with Gasteiger partial charge >= 0.3 is 0 Å². The van der Waals surface area contributed by atoms with Gasteiger partial charge in [0.1, 0.15) is 0 Å². The molecule has 1 amide bonds. The van der Waals surface area contributed by atoms with Gasteiger partial charge in [-0.2, -0.15) is 0 Å². The van der Waals surface area contributed by atoms with E-state index in [4.69, 9.17) is 23.2 Å². The zero-order valence-corrected chi connectivity index (χ0v) is 22.7. The molecule has 3 aliphatic rings. The number of benzene rings is 2. The van der Waals surface area contributed by atoms with E-state index in [0.29, 0.717) is 27.9 Å². The molecule has 1 N–H and O–H groups in total. The Morgan fingerprint density at radius 2 is 1.76 bits per heavy atom. The highest BCUT2D eigenvalue weighted by molar-refractivity contribution is 6.42. The maximum atomic E-state index is 12.9. The normalized spacial score (nSPS) is 25.6. The molecule has 3 atom stereocenters. The lowest BCUT2D eigenvalue weighted by Gasteiger charge is -2.47. The Kier molecular flexibility index (Phi) is 7.34. The van der Waals surface area contributed by atoms with Crippen LogP contribution in [0.3, 0.4) is 0 Å². The molecule has 2 aliphatic heterocycles. The second-order valence-corrected chi connectivity index (χ2v) is 12.0. The van der Waals surface area contributed by atoms with Gasteiger partial charge in [-0.05, 0) is 105 Å². The molecular formula is C31H35Cl2N3O. The van der Waals surface area contributed by atoms with Crippen molar-refractivity contribution in [3.63, 3.8) is 0 Å². The molecule has 3 aromatic rings. The number of piperidine rings is 2. The average Bonchev–Trinajstić information content (AvgIpc) is 3.37. The summed E-state index contributed by atoms with van der Waals surface area (Å²) in [7, 11) is 0. The fourth-order valence-electron chi connectivity index (χ4n) is 7.02.